The predicted octanol–water partition coefficient (Wildman–Crippen LogP) is 1.53. The molecule has 0 fully saturated rings. The summed E-state index contributed by atoms with van der Waals surface area (Å²) in [5.41, 5.74) is 1.14. The van der Waals surface area contributed by atoms with E-state index in [-0.39, 0.29) is 0 Å². The largest absolute Gasteiger partial charge is 0.210 e. The lowest BCUT2D eigenvalue weighted by molar-refractivity contribution is 0.835. The average Bonchev–Trinajstić information content (AvgIpc) is 2.44. The second-order valence-electron chi connectivity index (χ2n) is 3.31. The van der Waals surface area contributed by atoms with Crippen molar-refractivity contribution in [3.63, 3.8) is 0 Å². The van der Waals surface area contributed by atoms with Gasteiger partial charge in [0.2, 0.25) is 0 Å². The second kappa shape index (κ2) is 3.33. The highest BCUT2D eigenvalue weighted by molar-refractivity contribution is 7.07. The lowest BCUT2D eigenvalue weighted by atomic mass is 10.1. The van der Waals surface area contributed by atoms with Gasteiger partial charge < -0.3 is 0 Å². The summed E-state index contributed by atoms with van der Waals surface area (Å²) >= 11 is 1.75. The minimum atomic E-state index is 0.459. The van der Waals surface area contributed by atoms with E-state index in [2.05, 4.69) is 42.2 Å². The number of rotatable bonds is 1. The Labute approximate surface area is 81.4 Å². The molecule has 0 saturated carbocycles. The first-order valence-corrected chi connectivity index (χ1v) is 5.24. The van der Waals surface area contributed by atoms with Gasteiger partial charge >= 0.3 is 0 Å². The van der Waals surface area contributed by atoms with Crippen LogP contribution in [0.15, 0.2) is 22.5 Å². The first kappa shape index (κ1) is 8.49. The summed E-state index contributed by atoms with van der Waals surface area (Å²) in [5, 5.41) is 3.37. The molecule has 0 aromatic carbocycles. The van der Waals surface area contributed by atoms with Crippen LogP contribution < -0.4 is 9.75 Å². The van der Waals surface area contributed by atoms with Crippen LogP contribution in [-0.4, -0.2) is 5.87 Å². The number of allylic oxidation sites excluding steroid dienone is 1. The maximum absolute atomic E-state index is 4.32. The summed E-state index contributed by atoms with van der Waals surface area (Å²) in [6.07, 6.45) is 3.95. The van der Waals surface area contributed by atoms with E-state index in [1.54, 1.807) is 11.3 Å². The molecule has 0 spiro atoms. The molecule has 0 saturated heterocycles. The Hall–Kier alpha value is -1.11. The molecular weight excluding hydrogens is 178 g/mol. The third-order valence-corrected chi connectivity index (χ3v) is 2.89. The molecular formula is C11H11NS. The van der Waals surface area contributed by atoms with Crippen LogP contribution in [0.2, 0.25) is 0 Å². The average molecular weight is 189 g/mol. The van der Waals surface area contributed by atoms with Crippen LogP contribution in [0.5, 0.6) is 0 Å². The van der Waals surface area contributed by atoms with Crippen molar-refractivity contribution in [2.24, 2.45) is 10.9 Å². The first-order valence-electron chi connectivity index (χ1n) is 4.36. The minimum absolute atomic E-state index is 0.459. The van der Waals surface area contributed by atoms with Gasteiger partial charge in [0, 0.05) is 15.8 Å². The molecule has 2 heteroatoms. The number of nitrogens with zero attached hydrogens (tertiary/aromatic N) is 1. The molecule has 1 aliphatic rings. The second-order valence-corrected chi connectivity index (χ2v) is 4.26. The van der Waals surface area contributed by atoms with E-state index in [4.69, 9.17) is 0 Å². The molecule has 0 amide bonds. The summed E-state index contributed by atoms with van der Waals surface area (Å²) in [5.74, 6) is 3.38. The number of hydrogen-bond acceptors (Lipinski definition) is 2. The Bertz CT molecular complexity index is 484. The summed E-state index contributed by atoms with van der Waals surface area (Å²) < 4.78 is 1.29. The SMILES string of the molecule is CC(C)C1=c2ccsc2=CC=C=N1. The number of hydrogen-bond donors (Lipinski definition) is 0. The number of aliphatic imine (C=N–C) groups is 1. The molecule has 1 aromatic heterocycles. The van der Waals surface area contributed by atoms with Crippen LogP contribution in [0.3, 0.4) is 0 Å². The highest BCUT2D eigenvalue weighted by atomic mass is 32.1. The van der Waals surface area contributed by atoms with Crippen LogP contribution in [0.4, 0.5) is 0 Å². The van der Waals surface area contributed by atoms with Crippen molar-refractivity contribution < 1.29 is 0 Å². The first-order chi connectivity index (χ1) is 6.29. The van der Waals surface area contributed by atoms with Crippen molar-refractivity contribution in [3.8, 4) is 0 Å². The zero-order valence-corrected chi connectivity index (χ0v) is 8.56. The van der Waals surface area contributed by atoms with E-state index in [0.29, 0.717) is 5.92 Å². The molecule has 0 N–H and O–H groups in total. The van der Waals surface area contributed by atoms with Crippen LogP contribution >= 0.6 is 11.3 Å². The Kier molecular flexibility index (Phi) is 2.17. The monoisotopic (exact) mass is 189 g/mol. The quantitative estimate of drug-likeness (QED) is 0.635. The highest BCUT2D eigenvalue weighted by Gasteiger charge is 2.04. The van der Waals surface area contributed by atoms with Crippen LogP contribution in [0, 0.1) is 5.92 Å². The zero-order valence-electron chi connectivity index (χ0n) is 7.74. The number of fused-ring (bicyclic) bond motifs is 1. The summed E-state index contributed by atoms with van der Waals surface area (Å²) in [6.45, 7) is 4.32. The normalized spacial score (nSPS) is 14.2. The fourth-order valence-electron chi connectivity index (χ4n) is 1.38. The molecule has 0 unspecified atom stereocenters. The van der Waals surface area contributed by atoms with Gasteiger partial charge in [-0.3, -0.25) is 0 Å². The maximum atomic E-state index is 4.32. The van der Waals surface area contributed by atoms with Crippen LogP contribution in [0.25, 0.3) is 11.8 Å². The van der Waals surface area contributed by atoms with E-state index in [1.807, 2.05) is 6.08 Å². The van der Waals surface area contributed by atoms with E-state index >= 15 is 0 Å². The molecule has 13 heavy (non-hydrogen) atoms. The van der Waals surface area contributed by atoms with Crippen molar-refractivity contribution in [1.29, 1.82) is 0 Å². The number of thiophene rings is 1. The summed E-state index contributed by atoms with van der Waals surface area (Å²) in [4.78, 5) is 4.32. The Morgan fingerprint density at radius 1 is 1.46 bits per heavy atom. The molecule has 0 bridgehead atoms. The smallest absolute Gasteiger partial charge is 0.0615 e. The lowest BCUT2D eigenvalue weighted by Crippen LogP contribution is -2.21. The maximum Gasteiger partial charge on any atom is 0.0615 e. The molecule has 0 aliphatic carbocycles. The van der Waals surface area contributed by atoms with Crippen molar-refractivity contribution in [1.82, 2.24) is 0 Å². The molecule has 1 nitrogen and oxygen atoms in total. The lowest BCUT2D eigenvalue weighted by Gasteiger charge is -2.01. The van der Waals surface area contributed by atoms with Crippen molar-refractivity contribution in [2.45, 2.75) is 13.8 Å². The van der Waals surface area contributed by atoms with Gasteiger partial charge in [0.15, 0.2) is 0 Å². The van der Waals surface area contributed by atoms with E-state index in [1.165, 1.54) is 9.75 Å². The van der Waals surface area contributed by atoms with Gasteiger partial charge in [-0.1, -0.05) is 13.8 Å². The van der Waals surface area contributed by atoms with Crippen molar-refractivity contribution in [2.75, 3.05) is 0 Å². The Balaban J connectivity index is 2.85. The van der Waals surface area contributed by atoms with Crippen LogP contribution in [0.1, 0.15) is 13.8 Å². The fourth-order valence-corrected chi connectivity index (χ4v) is 2.18. The molecule has 2 rings (SSSR count). The third-order valence-electron chi connectivity index (χ3n) is 2.01. The Morgan fingerprint density at radius 3 is 3.08 bits per heavy atom. The summed E-state index contributed by atoms with van der Waals surface area (Å²) in [6, 6.07) is 2.14. The van der Waals surface area contributed by atoms with E-state index < -0.39 is 0 Å². The highest BCUT2D eigenvalue weighted by Crippen LogP contribution is 2.09. The third kappa shape index (κ3) is 1.51. The van der Waals surface area contributed by atoms with Gasteiger partial charge in [-0.25, -0.2) is 4.99 Å². The molecule has 1 aliphatic heterocycles. The summed E-state index contributed by atoms with van der Waals surface area (Å²) in [7, 11) is 0. The molecule has 2 heterocycles. The molecule has 0 radical (unpaired) electrons. The molecule has 1 aromatic rings. The van der Waals surface area contributed by atoms with Gasteiger partial charge in [-0.2, -0.15) is 0 Å². The van der Waals surface area contributed by atoms with Crippen molar-refractivity contribution in [3.05, 3.63) is 27.3 Å². The zero-order chi connectivity index (χ0) is 9.26. The topological polar surface area (TPSA) is 12.4 Å². The van der Waals surface area contributed by atoms with Crippen molar-refractivity contribution >= 4 is 29.0 Å². The predicted molar refractivity (Wildman–Crippen MR) is 58.3 cm³/mol. The Morgan fingerprint density at radius 2 is 2.31 bits per heavy atom. The van der Waals surface area contributed by atoms with Gasteiger partial charge in [-0.05, 0) is 29.3 Å². The molecule has 0 atom stereocenters. The van der Waals surface area contributed by atoms with E-state index in [0.717, 1.165) is 5.70 Å². The fraction of sp³-hybridized carbons (Fsp3) is 0.273. The standard InChI is InChI=1S/C11H11NS/c1-8(2)11-9-5-7-13-10(9)4-3-6-12-11/h3-5,7-8H,1-2H3. The van der Waals surface area contributed by atoms with Crippen LogP contribution in [-0.2, 0) is 0 Å². The van der Waals surface area contributed by atoms with Gasteiger partial charge in [0.25, 0.3) is 0 Å². The van der Waals surface area contributed by atoms with Gasteiger partial charge in [-0.15, -0.1) is 11.3 Å². The van der Waals surface area contributed by atoms with E-state index in [9.17, 15) is 0 Å². The minimum Gasteiger partial charge on any atom is -0.210 e. The van der Waals surface area contributed by atoms with Gasteiger partial charge in [0.1, 0.15) is 0 Å². The van der Waals surface area contributed by atoms with Gasteiger partial charge in [0.05, 0.1) is 5.70 Å². The molecule has 66 valence electrons.